The SMILES string of the molecule is CC(C)(C)n1nnc(C(N)=O)n1. The monoisotopic (exact) mass is 169 g/mol. The van der Waals surface area contributed by atoms with Gasteiger partial charge in [-0.3, -0.25) is 4.79 Å². The summed E-state index contributed by atoms with van der Waals surface area (Å²) in [6.45, 7) is 5.71. The first-order chi connectivity index (χ1) is 5.41. The Bertz CT molecular complexity index is 297. The molecule has 1 aromatic rings. The molecule has 1 heterocycles. The Morgan fingerprint density at radius 3 is 2.33 bits per heavy atom. The third-order valence-corrected chi connectivity index (χ3v) is 1.23. The molecule has 0 aromatic carbocycles. The predicted octanol–water partition coefficient (Wildman–Crippen LogP) is -0.473. The summed E-state index contributed by atoms with van der Waals surface area (Å²) >= 11 is 0. The summed E-state index contributed by atoms with van der Waals surface area (Å²) < 4.78 is 0. The lowest BCUT2D eigenvalue weighted by Crippen LogP contribution is -2.25. The minimum absolute atomic E-state index is 0.0510. The molecule has 6 nitrogen and oxygen atoms in total. The van der Waals surface area contributed by atoms with Gasteiger partial charge in [-0.05, 0) is 26.0 Å². The average molecular weight is 169 g/mol. The summed E-state index contributed by atoms with van der Waals surface area (Å²) in [5.74, 6) is -0.713. The summed E-state index contributed by atoms with van der Waals surface area (Å²) in [4.78, 5) is 11.9. The van der Waals surface area contributed by atoms with E-state index in [0.29, 0.717) is 0 Å². The van der Waals surface area contributed by atoms with Crippen molar-refractivity contribution in [3.05, 3.63) is 5.82 Å². The number of primary amides is 1. The number of aromatic nitrogens is 4. The van der Waals surface area contributed by atoms with Crippen LogP contribution in [0.25, 0.3) is 0 Å². The van der Waals surface area contributed by atoms with Crippen LogP contribution in [-0.2, 0) is 5.54 Å². The van der Waals surface area contributed by atoms with Gasteiger partial charge in [0.15, 0.2) is 0 Å². The van der Waals surface area contributed by atoms with Gasteiger partial charge in [0, 0.05) is 0 Å². The van der Waals surface area contributed by atoms with E-state index in [1.165, 1.54) is 4.80 Å². The molecular weight excluding hydrogens is 158 g/mol. The summed E-state index contributed by atoms with van der Waals surface area (Å²) in [5, 5.41) is 11.0. The van der Waals surface area contributed by atoms with E-state index in [1.54, 1.807) is 0 Å². The first kappa shape index (κ1) is 8.63. The van der Waals surface area contributed by atoms with Crippen molar-refractivity contribution in [1.29, 1.82) is 0 Å². The molecule has 6 heteroatoms. The Hall–Kier alpha value is -1.46. The zero-order valence-corrected chi connectivity index (χ0v) is 7.27. The van der Waals surface area contributed by atoms with Crippen LogP contribution in [0.5, 0.6) is 0 Å². The van der Waals surface area contributed by atoms with Gasteiger partial charge in [-0.2, -0.15) is 4.80 Å². The van der Waals surface area contributed by atoms with E-state index in [2.05, 4.69) is 15.4 Å². The van der Waals surface area contributed by atoms with Crippen LogP contribution in [0.4, 0.5) is 0 Å². The van der Waals surface area contributed by atoms with Crippen LogP contribution in [0.2, 0.25) is 0 Å². The van der Waals surface area contributed by atoms with Crippen LogP contribution in [-0.4, -0.2) is 26.1 Å². The molecule has 0 aliphatic heterocycles. The smallest absolute Gasteiger partial charge is 0.290 e. The molecule has 0 fully saturated rings. The number of carbonyl (C=O) groups is 1. The van der Waals surface area contributed by atoms with Gasteiger partial charge in [-0.25, -0.2) is 0 Å². The van der Waals surface area contributed by atoms with Gasteiger partial charge in [0.1, 0.15) is 0 Å². The third-order valence-electron chi connectivity index (χ3n) is 1.23. The van der Waals surface area contributed by atoms with Crippen molar-refractivity contribution in [1.82, 2.24) is 20.2 Å². The summed E-state index contributed by atoms with van der Waals surface area (Å²) in [7, 11) is 0. The van der Waals surface area contributed by atoms with Crippen molar-refractivity contribution >= 4 is 5.91 Å². The van der Waals surface area contributed by atoms with E-state index in [1.807, 2.05) is 20.8 Å². The highest BCUT2D eigenvalue weighted by atomic mass is 16.1. The molecular formula is C6H11N5O. The molecule has 0 unspecified atom stereocenters. The second kappa shape index (κ2) is 2.54. The largest absolute Gasteiger partial charge is 0.363 e. The highest BCUT2D eigenvalue weighted by Gasteiger charge is 2.18. The molecule has 0 saturated heterocycles. The number of nitrogens with two attached hydrogens (primary N) is 1. The summed E-state index contributed by atoms with van der Waals surface area (Å²) in [6, 6.07) is 0. The number of hydrogen-bond acceptors (Lipinski definition) is 4. The van der Waals surface area contributed by atoms with E-state index in [-0.39, 0.29) is 11.4 Å². The lowest BCUT2D eigenvalue weighted by atomic mass is 10.1. The molecule has 2 N–H and O–H groups in total. The lowest BCUT2D eigenvalue weighted by molar-refractivity contribution is 0.0989. The van der Waals surface area contributed by atoms with Gasteiger partial charge >= 0.3 is 0 Å². The van der Waals surface area contributed by atoms with Crippen molar-refractivity contribution in [3.63, 3.8) is 0 Å². The Labute approximate surface area is 69.7 Å². The van der Waals surface area contributed by atoms with E-state index < -0.39 is 5.91 Å². The Kier molecular flexibility index (Phi) is 1.83. The molecule has 1 amide bonds. The van der Waals surface area contributed by atoms with Crippen LogP contribution in [0.15, 0.2) is 0 Å². The number of amides is 1. The molecule has 12 heavy (non-hydrogen) atoms. The molecule has 1 rings (SSSR count). The van der Waals surface area contributed by atoms with E-state index in [9.17, 15) is 4.79 Å². The maximum absolute atomic E-state index is 10.6. The highest BCUT2D eigenvalue weighted by molar-refractivity contribution is 5.88. The van der Waals surface area contributed by atoms with Crippen LogP contribution in [0, 0.1) is 0 Å². The van der Waals surface area contributed by atoms with Crippen LogP contribution in [0.3, 0.4) is 0 Å². The topological polar surface area (TPSA) is 86.7 Å². The predicted molar refractivity (Wildman–Crippen MR) is 41.3 cm³/mol. The lowest BCUT2D eigenvalue weighted by Gasteiger charge is -2.14. The molecule has 66 valence electrons. The summed E-state index contributed by atoms with van der Waals surface area (Å²) in [5.41, 5.74) is 4.68. The summed E-state index contributed by atoms with van der Waals surface area (Å²) in [6.07, 6.45) is 0. The van der Waals surface area contributed by atoms with Gasteiger partial charge in [-0.1, -0.05) is 0 Å². The van der Waals surface area contributed by atoms with Crippen LogP contribution in [0.1, 0.15) is 31.4 Å². The maximum atomic E-state index is 10.6. The number of tetrazole rings is 1. The molecule has 0 saturated carbocycles. The Morgan fingerprint density at radius 2 is 2.08 bits per heavy atom. The maximum Gasteiger partial charge on any atom is 0.290 e. The second-order valence-corrected chi connectivity index (χ2v) is 3.44. The van der Waals surface area contributed by atoms with Crippen molar-refractivity contribution in [3.8, 4) is 0 Å². The fraction of sp³-hybridized carbons (Fsp3) is 0.667. The first-order valence-electron chi connectivity index (χ1n) is 3.51. The zero-order chi connectivity index (χ0) is 9.35. The molecule has 0 aliphatic rings. The highest BCUT2D eigenvalue weighted by Crippen LogP contribution is 2.08. The molecule has 0 spiro atoms. The standard InChI is InChI=1S/C6H11N5O/c1-6(2,3)11-9-5(4(7)12)8-10-11/h1-3H3,(H2,7,12). The van der Waals surface area contributed by atoms with Gasteiger partial charge < -0.3 is 5.73 Å². The van der Waals surface area contributed by atoms with Crippen LogP contribution < -0.4 is 5.73 Å². The molecule has 1 aromatic heterocycles. The number of carbonyl (C=O) groups excluding carboxylic acids is 1. The minimum Gasteiger partial charge on any atom is -0.363 e. The van der Waals surface area contributed by atoms with E-state index >= 15 is 0 Å². The van der Waals surface area contributed by atoms with Crippen molar-refractivity contribution in [2.24, 2.45) is 5.73 Å². The minimum atomic E-state index is -0.662. The Morgan fingerprint density at radius 1 is 1.50 bits per heavy atom. The van der Waals surface area contributed by atoms with Crippen molar-refractivity contribution in [2.45, 2.75) is 26.3 Å². The van der Waals surface area contributed by atoms with Crippen molar-refractivity contribution in [2.75, 3.05) is 0 Å². The molecule has 0 atom stereocenters. The molecule has 0 radical (unpaired) electrons. The molecule has 0 aliphatic carbocycles. The van der Waals surface area contributed by atoms with E-state index in [4.69, 9.17) is 5.73 Å². The normalized spacial score (nSPS) is 11.6. The van der Waals surface area contributed by atoms with Crippen molar-refractivity contribution < 1.29 is 4.79 Å². The molecule has 0 bridgehead atoms. The first-order valence-corrected chi connectivity index (χ1v) is 3.51. The number of rotatable bonds is 1. The van der Waals surface area contributed by atoms with Gasteiger partial charge in [-0.15, -0.1) is 10.2 Å². The van der Waals surface area contributed by atoms with Gasteiger partial charge in [0.2, 0.25) is 0 Å². The quantitative estimate of drug-likeness (QED) is 0.615. The number of nitrogens with zero attached hydrogens (tertiary/aromatic N) is 4. The van der Waals surface area contributed by atoms with Gasteiger partial charge in [0.25, 0.3) is 11.7 Å². The van der Waals surface area contributed by atoms with E-state index in [0.717, 1.165) is 0 Å². The number of hydrogen-bond donors (Lipinski definition) is 1. The fourth-order valence-electron chi connectivity index (χ4n) is 0.597. The Balaban J connectivity index is 3.00. The second-order valence-electron chi connectivity index (χ2n) is 3.44. The third kappa shape index (κ3) is 1.58. The fourth-order valence-corrected chi connectivity index (χ4v) is 0.597. The average Bonchev–Trinajstić information content (AvgIpc) is 2.30. The van der Waals surface area contributed by atoms with Gasteiger partial charge in [0.05, 0.1) is 5.54 Å². The zero-order valence-electron chi connectivity index (χ0n) is 7.27. The van der Waals surface area contributed by atoms with Crippen LogP contribution >= 0.6 is 0 Å².